The minimum atomic E-state index is -3.66. The Balaban J connectivity index is 2.19. The highest BCUT2D eigenvalue weighted by atomic mass is 79.9. The van der Waals surface area contributed by atoms with E-state index in [1.807, 2.05) is 0 Å². The van der Waals surface area contributed by atoms with Crippen LogP contribution < -0.4 is 4.72 Å². The van der Waals surface area contributed by atoms with Gasteiger partial charge in [0.2, 0.25) is 5.24 Å². The maximum Gasteiger partial charge on any atom is 0.261 e. The quantitative estimate of drug-likeness (QED) is 0.609. The van der Waals surface area contributed by atoms with Crippen LogP contribution in [0.1, 0.15) is 5.56 Å². The maximum absolute atomic E-state index is 12.2. The molecule has 0 saturated carbocycles. The van der Waals surface area contributed by atoms with Crippen LogP contribution in [0.3, 0.4) is 0 Å². The molecule has 22 heavy (non-hydrogen) atoms. The van der Waals surface area contributed by atoms with Gasteiger partial charge in [0.15, 0.2) is 0 Å². The van der Waals surface area contributed by atoms with E-state index in [1.165, 1.54) is 24.3 Å². The lowest BCUT2D eigenvalue weighted by molar-refractivity contribution is -0.107. The molecule has 0 aliphatic carbocycles. The first-order valence-corrected chi connectivity index (χ1v) is 8.78. The van der Waals surface area contributed by atoms with Crippen LogP contribution >= 0.6 is 27.5 Å². The molecule has 0 saturated heterocycles. The molecule has 0 bridgehead atoms. The molecule has 4 nitrogen and oxygen atoms in total. The van der Waals surface area contributed by atoms with Gasteiger partial charge in [-0.2, -0.15) is 0 Å². The fourth-order valence-corrected chi connectivity index (χ4v) is 3.04. The minimum absolute atomic E-state index is 0.129. The van der Waals surface area contributed by atoms with E-state index in [1.54, 1.807) is 36.4 Å². The smallest absolute Gasteiger partial charge is 0.261 e. The van der Waals surface area contributed by atoms with Gasteiger partial charge in [-0.15, -0.1) is 0 Å². The monoisotopic (exact) mass is 399 g/mol. The van der Waals surface area contributed by atoms with Crippen molar-refractivity contribution in [3.05, 3.63) is 64.6 Å². The normalized spacial score (nSPS) is 11.5. The van der Waals surface area contributed by atoms with Gasteiger partial charge in [0, 0.05) is 10.2 Å². The summed E-state index contributed by atoms with van der Waals surface area (Å²) in [6, 6.07) is 12.9. The number of sulfonamides is 1. The second kappa shape index (κ2) is 7.09. The SMILES string of the molecule is O=C(Cl)/C=C/c1ccc(S(=O)(=O)Nc2ccc(Br)cc2)cc1. The van der Waals surface area contributed by atoms with Gasteiger partial charge in [0.1, 0.15) is 0 Å². The molecule has 0 fully saturated rings. The Hall–Kier alpha value is -1.63. The average Bonchev–Trinajstić information content (AvgIpc) is 2.48. The molecule has 2 aromatic carbocycles. The number of rotatable bonds is 5. The van der Waals surface area contributed by atoms with Gasteiger partial charge >= 0.3 is 0 Å². The van der Waals surface area contributed by atoms with E-state index in [9.17, 15) is 13.2 Å². The van der Waals surface area contributed by atoms with Gasteiger partial charge < -0.3 is 0 Å². The van der Waals surface area contributed by atoms with Crippen LogP contribution in [0.2, 0.25) is 0 Å². The summed E-state index contributed by atoms with van der Waals surface area (Å²) in [5, 5.41) is -0.589. The second-order valence-electron chi connectivity index (χ2n) is 4.32. The number of hydrogen-bond acceptors (Lipinski definition) is 3. The Morgan fingerprint density at radius 1 is 1.05 bits per heavy atom. The molecule has 1 N–H and O–H groups in total. The number of carbonyl (C=O) groups is 1. The van der Waals surface area contributed by atoms with Gasteiger partial charge in [0.25, 0.3) is 10.0 Å². The fourth-order valence-electron chi connectivity index (χ4n) is 1.65. The van der Waals surface area contributed by atoms with Gasteiger partial charge in [0.05, 0.1) is 4.90 Å². The Labute approximate surface area is 142 Å². The summed E-state index contributed by atoms with van der Waals surface area (Å²) in [7, 11) is -3.66. The molecular formula is C15H11BrClNO3S. The van der Waals surface area contributed by atoms with E-state index in [0.29, 0.717) is 11.3 Å². The number of nitrogens with one attached hydrogen (secondary N) is 1. The van der Waals surface area contributed by atoms with Crippen molar-refractivity contribution >= 4 is 54.6 Å². The van der Waals surface area contributed by atoms with E-state index in [4.69, 9.17) is 11.6 Å². The minimum Gasteiger partial charge on any atom is -0.280 e. The molecule has 0 radical (unpaired) electrons. The maximum atomic E-state index is 12.2. The molecule has 2 aromatic rings. The Kier molecular flexibility index (Phi) is 5.39. The van der Waals surface area contributed by atoms with E-state index in [0.717, 1.165) is 4.47 Å². The molecule has 0 atom stereocenters. The Morgan fingerprint density at radius 3 is 2.18 bits per heavy atom. The van der Waals surface area contributed by atoms with Crippen molar-refractivity contribution in [1.29, 1.82) is 0 Å². The number of allylic oxidation sites excluding steroid dienone is 1. The molecule has 0 heterocycles. The van der Waals surface area contributed by atoms with Gasteiger partial charge in [-0.1, -0.05) is 34.1 Å². The third kappa shape index (κ3) is 4.69. The lowest BCUT2D eigenvalue weighted by Crippen LogP contribution is -2.12. The van der Waals surface area contributed by atoms with Crippen LogP contribution in [-0.4, -0.2) is 13.7 Å². The first-order chi connectivity index (χ1) is 10.4. The van der Waals surface area contributed by atoms with E-state index >= 15 is 0 Å². The lowest BCUT2D eigenvalue weighted by Gasteiger charge is -2.08. The Morgan fingerprint density at radius 2 is 1.64 bits per heavy atom. The zero-order valence-electron chi connectivity index (χ0n) is 11.2. The molecular weight excluding hydrogens is 390 g/mol. The molecule has 7 heteroatoms. The molecule has 0 aliphatic heterocycles. The number of carbonyl (C=O) groups excluding carboxylic acids is 1. The van der Waals surface area contributed by atoms with Crippen LogP contribution in [0, 0.1) is 0 Å². The summed E-state index contributed by atoms with van der Waals surface area (Å²) in [5.41, 5.74) is 1.15. The highest BCUT2D eigenvalue weighted by Gasteiger charge is 2.13. The number of hydrogen-bond donors (Lipinski definition) is 1. The van der Waals surface area contributed by atoms with E-state index < -0.39 is 15.3 Å². The number of anilines is 1. The first kappa shape index (κ1) is 16.7. The zero-order valence-corrected chi connectivity index (χ0v) is 14.3. The third-order valence-electron chi connectivity index (χ3n) is 2.69. The molecule has 0 aliphatic rings. The molecule has 0 unspecified atom stereocenters. The van der Waals surface area contributed by atoms with E-state index in [2.05, 4.69) is 20.7 Å². The van der Waals surface area contributed by atoms with Crippen LogP contribution in [0.4, 0.5) is 5.69 Å². The van der Waals surface area contributed by atoms with Crippen LogP contribution in [-0.2, 0) is 14.8 Å². The van der Waals surface area contributed by atoms with Crippen LogP contribution in [0.25, 0.3) is 6.08 Å². The van der Waals surface area contributed by atoms with E-state index in [-0.39, 0.29) is 4.90 Å². The van der Waals surface area contributed by atoms with Gasteiger partial charge in [-0.25, -0.2) is 8.42 Å². The summed E-state index contributed by atoms with van der Waals surface area (Å²) in [4.78, 5) is 10.8. The highest BCUT2D eigenvalue weighted by Crippen LogP contribution is 2.19. The summed E-state index contributed by atoms with van der Waals surface area (Å²) in [6.45, 7) is 0. The molecule has 114 valence electrons. The molecule has 0 aromatic heterocycles. The number of halogens is 2. The summed E-state index contributed by atoms with van der Waals surface area (Å²) in [6.07, 6.45) is 2.71. The zero-order chi connectivity index (χ0) is 16.2. The van der Waals surface area contributed by atoms with Crippen LogP contribution in [0.15, 0.2) is 64.0 Å². The average molecular weight is 401 g/mol. The standard InChI is InChI=1S/C15H11BrClNO3S/c16-12-4-6-13(7-5-12)18-22(20,21)14-8-1-11(2-9-14)3-10-15(17)19/h1-10,18H/b10-3+. The summed E-state index contributed by atoms with van der Waals surface area (Å²) >= 11 is 8.48. The topological polar surface area (TPSA) is 63.2 Å². The van der Waals surface area contributed by atoms with Crippen LogP contribution in [0.5, 0.6) is 0 Å². The van der Waals surface area contributed by atoms with Gasteiger partial charge in [-0.05, 0) is 59.6 Å². The summed E-state index contributed by atoms with van der Waals surface area (Å²) in [5.74, 6) is 0. The Bertz CT molecular complexity index is 800. The summed E-state index contributed by atoms with van der Waals surface area (Å²) < 4.78 is 27.8. The predicted octanol–water partition coefficient (Wildman–Crippen LogP) is 4.03. The van der Waals surface area contributed by atoms with Crippen molar-refractivity contribution in [3.63, 3.8) is 0 Å². The molecule has 0 spiro atoms. The number of benzene rings is 2. The van der Waals surface area contributed by atoms with Crippen molar-refractivity contribution in [3.8, 4) is 0 Å². The lowest BCUT2D eigenvalue weighted by atomic mass is 10.2. The van der Waals surface area contributed by atoms with Crippen molar-refractivity contribution in [2.75, 3.05) is 4.72 Å². The van der Waals surface area contributed by atoms with Crippen molar-refractivity contribution in [1.82, 2.24) is 0 Å². The largest absolute Gasteiger partial charge is 0.280 e. The second-order valence-corrected chi connectivity index (χ2v) is 7.29. The molecule has 0 amide bonds. The van der Waals surface area contributed by atoms with Crippen molar-refractivity contribution < 1.29 is 13.2 Å². The first-order valence-electron chi connectivity index (χ1n) is 6.13. The van der Waals surface area contributed by atoms with Crippen molar-refractivity contribution in [2.45, 2.75) is 4.90 Å². The highest BCUT2D eigenvalue weighted by molar-refractivity contribution is 9.10. The third-order valence-corrected chi connectivity index (χ3v) is 4.75. The van der Waals surface area contributed by atoms with Crippen molar-refractivity contribution in [2.24, 2.45) is 0 Å². The molecule has 2 rings (SSSR count). The fraction of sp³-hybridized carbons (Fsp3) is 0. The predicted molar refractivity (Wildman–Crippen MR) is 91.3 cm³/mol. The van der Waals surface area contributed by atoms with Gasteiger partial charge in [-0.3, -0.25) is 9.52 Å².